The Balaban J connectivity index is 2.10. The van der Waals surface area contributed by atoms with Crippen LogP contribution in [0.1, 0.15) is 51.3 Å². The molecule has 1 N–H and O–H groups in total. The SMILES string of the molecule is CCOc1ccc(C(C)(C)C)cc1C(O)CCN1CCOCC1. The van der Waals surface area contributed by atoms with E-state index in [1.165, 1.54) is 5.56 Å². The first kappa shape index (κ1) is 18.2. The molecule has 0 saturated carbocycles. The summed E-state index contributed by atoms with van der Waals surface area (Å²) in [6.07, 6.45) is 0.218. The third-order valence-corrected chi connectivity index (χ3v) is 4.36. The van der Waals surface area contributed by atoms with E-state index in [1.807, 2.05) is 13.0 Å². The van der Waals surface area contributed by atoms with Crippen LogP contribution in [0.4, 0.5) is 0 Å². The molecule has 0 amide bonds. The van der Waals surface area contributed by atoms with Gasteiger partial charge in [0.25, 0.3) is 0 Å². The Labute approximate surface area is 140 Å². The molecule has 0 aliphatic carbocycles. The van der Waals surface area contributed by atoms with E-state index in [1.54, 1.807) is 0 Å². The van der Waals surface area contributed by atoms with Gasteiger partial charge in [-0.3, -0.25) is 4.90 Å². The van der Waals surface area contributed by atoms with Crippen molar-refractivity contribution in [3.8, 4) is 5.75 Å². The Hall–Kier alpha value is -1.10. The Kier molecular flexibility index (Phi) is 6.45. The largest absolute Gasteiger partial charge is 0.493 e. The monoisotopic (exact) mass is 321 g/mol. The standard InChI is InChI=1S/C19H31NO3/c1-5-23-18-7-6-15(19(2,3)4)14-16(18)17(21)8-9-20-10-12-22-13-11-20/h6-7,14,17,21H,5,8-13H2,1-4H3. The topological polar surface area (TPSA) is 41.9 Å². The average molecular weight is 321 g/mol. The minimum atomic E-state index is -0.498. The van der Waals surface area contributed by atoms with Gasteiger partial charge in [0.15, 0.2) is 0 Å². The quantitative estimate of drug-likeness (QED) is 0.874. The zero-order chi connectivity index (χ0) is 16.9. The summed E-state index contributed by atoms with van der Waals surface area (Å²) in [6, 6.07) is 6.20. The molecule has 1 heterocycles. The summed E-state index contributed by atoms with van der Waals surface area (Å²) in [5.74, 6) is 0.801. The van der Waals surface area contributed by atoms with Gasteiger partial charge >= 0.3 is 0 Å². The van der Waals surface area contributed by atoms with Crippen molar-refractivity contribution in [1.29, 1.82) is 0 Å². The summed E-state index contributed by atoms with van der Waals surface area (Å²) >= 11 is 0. The third-order valence-electron chi connectivity index (χ3n) is 4.36. The summed E-state index contributed by atoms with van der Waals surface area (Å²) < 4.78 is 11.1. The first-order valence-corrected chi connectivity index (χ1v) is 8.67. The molecule has 0 radical (unpaired) electrons. The van der Waals surface area contributed by atoms with Gasteiger partial charge in [-0.2, -0.15) is 0 Å². The lowest BCUT2D eigenvalue weighted by Crippen LogP contribution is -2.37. The Bertz CT molecular complexity index is 490. The first-order chi connectivity index (χ1) is 10.9. The van der Waals surface area contributed by atoms with Gasteiger partial charge in [0.2, 0.25) is 0 Å². The molecule has 0 aromatic heterocycles. The fourth-order valence-corrected chi connectivity index (χ4v) is 2.85. The van der Waals surface area contributed by atoms with Crippen LogP contribution in [0.5, 0.6) is 5.75 Å². The molecule has 1 aliphatic heterocycles. The summed E-state index contributed by atoms with van der Waals surface area (Å²) in [5, 5.41) is 10.7. The molecule has 1 fully saturated rings. The number of ether oxygens (including phenoxy) is 2. The lowest BCUT2D eigenvalue weighted by atomic mass is 9.85. The highest BCUT2D eigenvalue weighted by Gasteiger charge is 2.21. The summed E-state index contributed by atoms with van der Waals surface area (Å²) in [4.78, 5) is 2.35. The van der Waals surface area contributed by atoms with Crippen LogP contribution >= 0.6 is 0 Å². The second kappa shape index (κ2) is 8.13. The van der Waals surface area contributed by atoms with Gasteiger partial charge in [-0.1, -0.05) is 26.8 Å². The second-order valence-corrected chi connectivity index (χ2v) is 7.19. The lowest BCUT2D eigenvalue weighted by Gasteiger charge is -2.28. The summed E-state index contributed by atoms with van der Waals surface area (Å²) in [7, 11) is 0. The van der Waals surface area contributed by atoms with E-state index in [9.17, 15) is 5.11 Å². The van der Waals surface area contributed by atoms with Crippen molar-refractivity contribution in [2.75, 3.05) is 39.5 Å². The smallest absolute Gasteiger partial charge is 0.125 e. The van der Waals surface area contributed by atoms with Crippen molar-refractivity contribution in [3.05, 3.63) is 29.3 Å². The molecule has 1 atom stereocenters. The lowest BCUT2D eigenvalue weighted by molar-refractivity contribution is 0.0298. The number of benzene rings is 1. The van der Waals surface area contributed by atoms with E-state index >= 15 is 0 Å². The van der Waals surface area contributed by atoms with Gasteiger partial charge in [0, 0.05) is 25.2 Å². The number of aliphatic hydroxyl groups is 1. The van der Waals surface area contributed by atoms with Crippen LogP contribution < -0.4 is 4.74 Å². The highest BCUT2D eigenvalue weighted by molar-refractivity contribution is 5.41. The molecule has 23 heavy (non-hydrogen) atoms. The summed E-state index contributed by atoms with van der Waals surface area (Å²) in [5.41, 5.74) is 2.19. The number of rotatable bonds is 6. The van der Waals surface area contributed by atoms with Crippen molar-refractivity contribution in [2.24, 2.45) is 0 Å². The number of hydrogen-bond acceptors (Lipinski definition) is 4. The summed E-state index contributed by atoms with van der Waals surface area (Å²) in [6.45, 7) is 13.5. The van der Waals surface area contributed by atoms with E-state index in [-0.39, 0.29) is 5.41 Å². The van der Waals surface area contributed by atoms with E-state index in [2.05, 4.69) is 37.8 Å². The normalized spacial score (nSPS) is 18.0. The van der Waals surface area contributed by atoms with Gasteiger partial charge in [-0.25, -0.2) is 0 Å². The highest BCUT2D eigenvalue weighted by atomic mass is 16.5. The zero-order valence-electron chi connectivity index (χ0n) is 15.0. The molecule has 1 aliphatic rings. The molecule has 2 rings (SSSR count). The number of nitrogens with zero attached hydrogens (tertiary/aromatic N) is 1. The van der Waals surface area contributed by atoms with Crippen LogP contribution in [0.25, 0.3) is 0 Å². The molecule has 1 aromatic rings. The Morgan fingerprint density at radius 2 is 1.96 bits per heavy atom. The van der Waals surface area contributed by atoms with Crippen LogP contribution in [0.3, 0.4) is 0 Å². The van der Waals surface area contributed by atoms with Crippen molar-refractivity contribution in [3.63, 3.8) is 0 Å². The molecule has 4 nitrogen and oxygen atoms in total. The van der Waals surface area contributed by atoms with Crippen molar-refractivity contribution >= 4 is 0 Å². The molecule has 0 bridgehead atoms. The minimum absolute atomic E-state index is 0.0590. The second-order valence-electron chi connectivity index (χ2n) is 7.19. The number of aliphatic hydroxyl groups excluding tert-OH is 1. The molecular formula is C19H31NO3. The average Bonchev–Trinajstić information content (AvgIpc) is 2.53. The van der Waals surface area contributed by atoms with Crippen LogP contribution in [0.2, 0.25) is 0 Å². The molecule has 130 valence electrons. The van der Waals surface area contributed by atoms with Crippen molar-refractivity contribution in [1.82, 2.24) is 4.90 Å². The maximum Gasteiger partial charge on any atom is 0.125 e. The highest BCUT2D eigenvalue weighted by Crippen LogP contribution is 2.33. The van der Waals surface area contributed by atoms with Gasteiger partial charge in [-0.15, -0.1) is 0 Å². The van der Waals surface area contributed by atoms with Crippen molar-refractivity contribution < 1.29 is 14.6 Å². The molecule has 4 heteroatoms. The van der Waals surface area contributed by atoms with Crippen LogP contribution in [-0.2, 0) is 10.2 Å². The van der Waals surface area contributed by atoms with Crippen LogP contribution in [0, 0.1) is 0 Å². The van der Waals surface area contributed by atoms with E-state index in [0.29, 0.717) is 13.0 Å². The molecule has 1 aromatic carbocycles. The molecule has 1 saturated heterocycles. The third kappa shape index (κ3) is 5.20. The van der Waals surface area contributed by atoms with E-state index < -0.39 is 6.10 Å². The van der Waals surface area contributed by atoms with Gasteiger partial charge in [-0.05, 0) is 36.5 Å². The number of hydrogen-bond donors (Lipinski definition) is 1. The maximum atomic E-state index is 10.7. The van der Waals surface area contributed by atoms with E-state index in [0.717, 1.165) is 44.2 Å². The predicted molar refractivity (Wildman–Crippen MR) is 93.1 cm³/mol. The first-order valence-electron chi connectivity index (χ1n) is 8.67. The molecular weight excluding hydrogens is 290 g/mol. The van der Waals surface area contributed by atoms with Crippen LogP contribution in [0.15, 0.2) is 18.2 Å². The molecule has 0 spiro atoms. The predicted octanol–water partition coefficient (Wildman–Crippen LogP) is 3.14. The van der Waals surface area contributed by atoms with Gasteiger partial charge in [0.05, 0.1) is 25.9 Å². The van der Waals surface area contributed by atoms with Crippen molar-refractivity contribution in [2.45, 2.75) is 45.6 Å². The Morgan fingerprint density at radius 3 is 2.57 bits per heavy atom. The van der Waals surface area contributed by atoms with Gasteiger partial charge < -0.3 is 14.6 Å². The fourth-order valence-electron chi connectivity index (χ4n) is 2.85. The van der Waals surface area contributed by atoms with Crippen LogP contribution in [-0.4, -0.2) is 49.5 Å². The van der Waals surface area contributed by atoms with Gasteiger partial charge in [0.1, 0.15) is 5.75 Å². The fraction of sp³-hybridized carbons (Fsp3) is 0.684. The Morgan fingerprint density at radius 1 is 1.26 bits per heavy atom. The minimum Gasteiger partial charge on any atom is -0.493 e. The maximum absolute atomic E-state index is 10.7. The molecule has 1 unspecified atom stereocenters. The zero-order valence-corrected chi connectivity index (χ0v) is 15.0. The number of morpholine rings is 1. The van der Waals surface area contributed by atoms with E-state index in [4.69, 9.17) is 9.47 Å².